The van der Waals surface area contributed by atoms with Crippen LogP contribution in [0, 0.1) is 45.5 Å². The first kappa shape index (κ1) is 19.2. The summed E-state index contributed by atoms with van der Waals surface area (Å²) in [7, 11) is 7.31. The molecule has 0 amide bonds. The molecule has 0 aliphatic heterocycles. The van der Waals surface area contributed by atoms with E-state index in [2.05, 4.69) is 12.2 Å². The van der Waals surface area contributed by atoms with Crippen LogP contribution in [0.3, 0.4) is 0 Å². The van der Waals surface area contributed by atoms with Crippen molar-refractivity contribution in [3.8, 4) is 5.75 Å². The number of hydrogen-bond acceptors (Lipinski definition) is 3. The first-order valence-corrected chi connectivity index (χ1v) is 4.82. The first-order chi connectivity index (χ1) is 7.27. The van der Waals surface area contributed by atoms with Crippen molar-refractivity contribution in [1.29, 1.82) is 0 Å². The minimum absolute atomic E-state index is 0. The average Bonchev–Trinajstić information content (AvgIpc) is 2.22. The minimum Gasteiger partial charge on any atom is -0.489 e. The molecule has 0 aromatic heterocycles. The number of methoxy groups -OCH3 is 1. The van der Waals surface area contributed by atoms with Crippen LogP contribution in [0.5, 0.6) is 5.75 Å². The van der Waals surface area contributed by atoms with Crippen LogP contribution in [0.25, 0.3) is 0 Å². The van der Waals surface area contributed by atoms with Gasteiger partial charge in [-0.1, -0.05) is 11.5 Å². The van der Waals surface area contributed by atoms with E-state index >= 15 is 0 Å². The van der Waals surface area contributed by atoms with Crippen molar-refractivity contribution in [1.82, 2.24) is 0 Å². The molecule has 17 heavy (non-hydrogen) atoms. The van der Waals surface area contributed by atoms with Gasteiger partial charge in [0, 0.05) is 7.11 Å². The second-order valence-electron chi connectivity index (χ2n) is 3.02. The maximum Gasteiger partial charge on any atom is 2.00 e. The molecule has 0 atom stereocenters. The molecule has 0 spiro atoms. The number of nitrogens with one attached hydrogen (secondary N) is 1. The summed E-state index contributed by atoms with van der Waals surface area (Å²) >= 11 is 0. The van der Waals surface area contributed by atoms with Gasteiger partial charge < -0.3 is 29.1 Å². The molecule has 0 bridgehead atoms. The van der Waals surface area contributed by atoms with E-state index in [0.717, 1.165) is 11.4 Å². The second kappa shape index (κ2) is 11.0. The molecular formula is C12H18BNO2U. The zero-order chi connectivity index (χ0) is 11.1. The van der Waals surface area contributed by atoms with Crippen LogP contribution in [0.4, 0.5) is 5.69 Å². The van der Waals surface area contributed by atoms with Crippen molar-refractivity contribution in [2.24, 2.45) is 0 Å². The van der Waals surface area contributed by atoms with Gasteiger partial charge in [0.05, 0.1) is 12.3 Å². The molecule has 1 rings (SSSR count). The third-order valence-electron chi connectivity index (χ3n) is 1.86. The third kappa shape index (κ3) is 7.03. The van der Waals surface area contributed by atoms with Gasteiger partial charge in [0.15, 0.2) is 0 Å². The molecule has 2 radical (unpaired) electrons. The summed E-state index contributed by atoms with van der Waals surface area (Å²) in [4.78, 5) is 0. The fraction of sp³-hybridized carbons (Fsp3) is 0.333. The van der Waals surface area contributed by atoms with E-state index in [4.69, 9.17) is 17.3 Å². The molecule has 0 aliphatic rings. The smallest absolute Gasteiger partial charge is 0.489 e. The SMILES string of the molecule is [B]c1ccc(OCCOC)c(NC[CH2-])c1.[CH3-].[U+2]. The van der Waals surface area contributed by atoms with Gasteiger partial charge in [0.1, 0.15) is 20.2 Å². The third-order valence-corrected chi connectivity index (χ3v) is 1.86. The van der Waals surface area contributed by atoms with E-state index in [1.165, 1.54) is 0 Å². The summed E-state index contributed by atoms with van der Waals surface area (Å²) in [5, 5.41) is 3.09. The summed E-state index contributed by atoms with van der Waals surface area (Å²) in [6.07, 6.45) is 0. The molecular weight excluding hydrogens is 439 g/mol. The van der Waals surface area contributed by atoms with Gasteiger partial charge in [-0.3, -0.25) is 0 Å². The van der Waals surface area contributed by atoms with E-state index in [9.17, 15) is 0 Å². The number of benzene rings is 1. The fourth-order valence-electron chi connectivity index (χ4n) is 1.18. The molecule has 1 aromatic rings. The van der Waals surface area contributed by atoms with Gasteiger partial charge in [-0.25, -0.2) is 0 Å². The normalized spacial score (nSPS) is 8.82. The number of ether oxygens (including phenoxy) is 2. The molecule has 5 heteroatoms. The van der Waals surface area contributed by atoms with Gasteiger partial charge >= 0.3 is 31.1 Å². The van der Waals surface area contributed by atoms with Crippen molar-refractivity contribution >= 4 is 19.0 Å². The standard InChI is InChI=1S/C11H15BNO2.CH3.U/c1-3-13-10-8-9(12)4-5-11(10)15-7-6-14-2;;/h4-5,8,13H,1,3,6-7H2,2H3;1H3;/q2*-1;+2. The second-order valence-corrected chi connectivity index (χ2v) is 3.02. The average molecular weight is 457 g/mol. The van der Waals surface area contributed by atoms with Gasteiger partial charge in [-0.05, 0) is 12.1 Å². The Kier molecular flexibility index (Phi) is 12.5. The zero-order valence-electron chi connectivity index (χ0n) is 10.5. The Balaban J connectivity index is 0. The number of rotatable bonds is 6. The molecule has 0 fully saturated rings. The van der Waals surface area contributed by atoms with Crippen LogP contribution in [0.1, 0.15) is 0 Å². The molecule has 0 aliphatic carbocycles. The molecule has 0 saturated heterocycles. The van der Waals surface area contributed by atoms with E-state index in [0.29, 0.717) is 25.2 Å². The van der Waals surface area contributed by atoms with Crippen LogP contribution in [0.2, 0.25) is 0 Å². The van der Waals surface area contributed by atoms with E-state index in [1.807, 2.05) is 12.1 Å². The molecule has 1 N–H and O–H groups in total. The molecule has 0 saturated carbocycles. The number of hydrogen-bond donors (Lipinski definition) is 1. The number of anilines is 1. The van der Waals surface area contributed by atoms with E-state index in [-0.39, 0.29) is 38.5 Å². The molecule has 0 heterocycles. The first-order valence-electron chi connectivity index (χ1n) is 4.82. The predicted molar refractivity (Wildman–Crippen MR) is 69.5 cm³/mol. The summed E-state index contributed by atoms with van der Waals surface area (Å²) in [5.74, 6) is 0.768. The van der Waals surface area contributed by atoms with E-state index < -0.39 is 0 Å². The summed E-state index contributed by atoms with van der Waals surface area (Å²) in [6, 6.07) is 5.46. The quantitative estimate of drug-likeness (QED) is 0.396. The van der Waals surface area contributed by atoms with Crippen LogP contribution in [-0.4, -0.2) is 34.7 Å². The van der Waals surface area contributed by atoms with E-state index in [1.54, 1.807) is 13.2 Å². The topological polar surface area (TPSA) is 30.5 Å². The Morgan fingerprint density at radius 2 is 2.06 bits per heavy atom. The summed E-state index contributed by atoms with van der Waals surface area (Å²) in [5.41, 5.74) is 1.56. The molecule has 90 valence electrons. The molecule has 1 aromatic carbocycles. The Bertz CT molecular complexity index is 311. The Hall–Kier alpha value is -0.103. The Morgan fingerprint density at radius 3 is 2.65 bits per heavy atom. The maximum absolute atomic E-state index is 5.67. The van der Waals surface area contributed by atoms with Crippen LogP contribution < -0.4 is 15.5 Å². The zero-order valence-corrected chi connectivity index (χ0v) is 14.6. The van der Waals surface area contributed by atoms with Crippen LogP contribution in [0.15, 0.2) is 18.2 Å². The molecule has 0 unspecified atom stereocenters. The maximum atomic E-state index is 5.67. The monoisotopic (exact) mass is 457 g/mol. The van der Waals surface area contributed by atoms with Gasteiger partial charge in [-0.2, -0.15) is 0 Å². The summed E-state index contributed by atoms with van der Waals surface area (Å²) in [6.45, 7) is 5.39. The Morgan fingerprint density at radius 1 is 1.35 bits per heavy atom. The minimum atomic E-state index is 0. The van der Waals surface area contributed by atoms with Crippen molar-refractivity contribution in [3.05, 3.63) is 32.5 Å². The molecule has 3 nitrogen and oxygen atoms in total. The van der Waals surface area contributed by atoms with Crippen molar-refractivity contribution in [2.75, 3.05) is 32.2 Å². The van der Waals surface area contributed by atoms with Crippen molar-refractivity contribution in [3.63, 3.8) is 0 Å². The van der Waals surface area contributed by atoms with Gasteiger partial charge in [0.25, 0.3) is 0 Å². The van der Waals surface area contributed by atoms with Crippen molar-refractivity contribution in [2.45, 2.75) is 0 Å². The fourth-order valence-corrected chi connectivity index (χ4v) is 1.18. The van der Waals surface area contributed by atoms with Gasteiger partial charge in [0.2, 0.25) is 0 Å². The predicted octanol–water partition coefficient (Wildman–Crippen LogP) is 1.20. The van der Waals surface area contributed by atoms with Crippen molar-refractivity contribution < 1.29 is 40.6 Å². The summed E-state index contributed by atoms with van der Waals surface area (Å²) < 4.78 is 10.4. The van der Waals surface area contributed by atoms with Crippen LogP contribution in [-0.2, 0) is 4.74 Å². The largest absolute Gasteiger partial charge is 2.00 e. The van der Waals surface area contributed by atoms with Gasteiger partial charge in [-0.15, -0.1) is 6.54 Å². The Labute approximate surface area is 129 Å². The van der Waals surface area contributed by atoms with Crippen LogP contribution >= 0.6 is 0 Å².